The molecule has 0 saturated heterocycles. The number of fused-ring (bicyclic) bond motifs is 1. The molecular formula is C20H14N2O6. The first-order valence-electron chi connectivity index (χ1n) is 8.42. The van der Waals surface area contributed by atoms with Crippen LogP contribution in [0.3, 0.4) is 0 Å². The lowest BCUT2D eigenvalue weighted by molar-refractivity contribution is -0.384. The van der Waals surface area contributed by atoms with E-state index in [-0.39, 0.29) is 18.7 Å². The van der Waals surface area contributed by atoms with Gasteiger partial charge in [-0.25, -0.2) is 0 Å². The van der Waals surface area contributed by atoms with Gasteiger partial charge in [0.15, 0.2) is 5.76 Å². The quantitative estimate of drug-likeness (QED) is 0.280. The summed E-state index contributed by atoms with van der Waals surface area (Å²) in [6.45, 7) is -0.0461. The van der Waals surface area contributed by atoms with Crippen molar-refractivity contribution in [2.45, 2.75) is 13.0 Å². The Bertz CT molecular complexity index is 1110. The first-order chi connectivity index (χ1) is 13.6. The fourth-order valence-electron chi connectivity index (χ4n) is 2.71. The van der Waals surface area contributed by atoms with Gasteiger partial charge in [-0.2, -0.15) is 0 Å². The van der Waals surface area contributed by atoms with Crippen LogP contribution in [-0.4, -0.2) is 16.0 Å². The monoisotopic (exact) mass is 378 g/mol. The second-order valence-corrected chi connectivity index (χ2v) is 6.09. The number of rotatable bonds is 6. The molecule has 2 aromatic heterocycles. The summed E-state index contributed by atoms with van der Waals surface area (Å²) in [4.78, 5) is 22.1. The molecule has 0 amide bonds. The Morgan fingerprint density at radius 1 is 1.07 bits per heavy atom. The highest BCUT2D eigenvalue weighted by Gasteiger charge is 2.14. The third-order valence-corrected chi connectivity index (χ3v) is 4.10. The molecule has 0 aliphatic carbocycles. The highest BCUT2D eigenvalue weighted by molar-refractivity contribution is 5.81. The van der Waals surface area contributed by atoms with E-state index in [4.69, 9.17) is 13.7 Å². The molecule has 0 bridgehead atoms. The molecule has 0 fully saturated rings. The van der Waals surface area contributed by atoms with Crippen molar-refractivity contribution in [1.82, 2.24) is 5.16 Å². The van der Waals surface area contributed by atoms with E-state index in [9.17, 15) is 14.9 Å². The summed E-state index contributed by atoms with van der Waals surface area (Å²) < 4.78 is 16.2. The van der Waals surface area contributed by atoms with Crippen LogP contribution in [0.1, 0.15) is 11.3 Å². The van der Waals surface area contributed by atoms with Gasteiger partial charge in [-0.05, 0) is 17.7 Å². The summed E-state index contributed by atoms with van der Waals surface area (Å²) >= 11 is 0. The first-order valence-corrected chi connectivity index (χ1v) is 8.42. The predicted octanol–water partition coefficient (Wildman–Crippen LogP) is 4.28. The molecule has 0 radical (unpaired) electrons. The number of nitro groups is 1. The van der Waals surface area contributed by atoms with Gasteiger partial charge in [0.2, 0.25) is 5.76 Å². The number of non-ortho nitro benzene ring substituents is 1. The Morgan fingerprint density at radius 3 is 2.61 bits per heavy atom. The summed E-state index contributed by atoms with van der Waals surface area (Å²) in [7, 11) is 0. The van der Waals surface area contributed by atoms with Crippen LogP contribution in [0.5, 0.6) is 0 Å². The lowest BCUT2D eigenvalue weighted by Gasteiger charge is -2.02. The van der Waals surface area contributed by atoms with Gasteiger partial charge in [0.1, 0.15) is 17.9 Å². The second kappa shape index (κ2) is 7.36. The number of hydrogen-bond donors (Lipinski definition) is 0. The van der Waals surface area contributed by atoms with Crippen molar-refractivity contribution in [3.8, 4) is 11.5 Å². The fraction of sp³-hybridized carbons (Fsp3) is 0.100. The number of carbonyl (C=O) groups excluding carboxylic acids is 1. The smallest absolute Gasteiger partial charge is 0.310 e. The molecule has 0 aliphatic heterocycles. The van der Waals surface area contributed by atoms with E-state index in [0.29, 0.717) is 22.8 Å². The largest absolute Gasteiger partial charge is 0.459 e. The van der Waals surface area contributed by atoms with Crippen molar-refractivity contribution in [1.29, 1.82) is 0 Å². The van der Waals surface area contributed by atoms with Crippen LogP contribution in [0.25, 0.3) is 22.5 Å². The van der Waals surface area contributed by atoms with E-state index in [1.165, 1.54) is 24.3 Å². The maximum Gasteiger partial charge on any atom is 0.310 e. The summed E-state index contributed by atoms with van der Waals surface area (Å²) in [5.74, 6) is 0.511. The zero-order valence-electron chi connectivity index (χ0n) is 14.5. The normalized spacial score (nSPS) is 10.9. The van der Waals surface area contributed by atoms with Gasteiger partial charge in [0, 0.05) is 23.6 Å². The van der Waals surface area contributed by atoms with Crippen LogP contribution < -0.4 is 0 Å². The molecule has 2 heterocycles. The van der Waals surface area contributed by atoms with Gasteiger partial charge in [-0.1, -0.05) is 35.5 Å². The average Bonchev–Trinajstić information content (AvgIpc) is 3.33. The van der Waals surface area contributed by atoms with E-state index in [2.05, 4.69) is 5.16 Å². The summed E-state index contributed by atoms with van der Waals surface area (Å²) in [5, 5.41) is 15.5. The molecule has 0 atom stereocenters. The maximum atomic E-state index is 12.0. The maximum absolute atomic E-state index is 12.0. The van der Waals surface area contributed by atoms with E-state index in [1.807, 2.05) is 30.3 Å². The number of nitro benzene ring substituents is 1. The molecule has 4 aromatic rings. The van der Waals surface area contributed by atoms with Crippen molar-refractivity contribution in [3.05, 3.63) is 82.0 Å². The molecule has 0 unspecified atom stereocenters. The standard InChI is InChI=1S/C20H14N2O6/c23-20(9-13-5-7-16(8-6-13)22(24)25)26-12-15-11-19(28-21-15)18-10-14-3-1-2-4-17(14)27-18/h1-8,10-11H,9,12H2. The van der Waals surface area contributed by atoms with Gasteiger partial charge >= 0.3 is 5.97 Å². The van der Waals surface area contributed by atoms with Crippen LogP contribution in [0, 0.1) is 10.1 Å². The minimum Gasteiger partial charge on any atom is -0.459 e. The highest BCUT2D eigenvalue weighted by Crippen LogP contribution is 2.28. The fourth-order valence-corrected chi connectivity index (χ4v) is 2.71. The summed E-state index contributed by atoms with van der Waals surface area (Å²) in [5.41, 5.74) is 1.79. The molecule has 2 aromatic carbocycles. The van der Waals surface area contributed by atoms with Crippen LogP contribution in [-0.2, 0) is 22.6 Å². The number of nitrogens with zero attached hydrogens (tertiary/aromatic N) is 2. The van der Waals surface area contributed by atoms with Crippen molar-refractivity contribution >= 4 is 22.6 Å². The average molecular weight is 378 g/mol. The number of benzene rings is 2. The number of aromatic nitrogens is 1. The molecule has 0 spiro atoms. The van der Waals surface area contributed by atoms with Crippen molar-refractivity contribution in [3.63, 3.8) is 0 Å². The Kier molecular flexibility index (Phi) is 4.59. The Morgan fingerprint density at radius 2 is 1.86 bits per heavy atom. The van der Waals surface area contributed by atoms with Crippen molar-refractivity contribution in [2.75, 3.05) is 0 Å². The molecule has 0 saturated carbocycles. The summed E-state index contributed by atoms with van der Waals surface area (Å²) in [6.07, 6.45) is 0.00623. The molecule has 8 nitrogen and oxygen atoms in total. The number of furan rings is 1. The number of esters is 1. The van der Waals surface area contributed by atoms with Crippen molar-refractivity contribution in [2.24, 2.45) is 0 Å². The summed E-state index contributed by atoms with van der Waals surface area (Å²) in [6, 6.07) is 16.8. The molecule has 28 heavy (non-hydrogen) atoms. The molecule has 0 aliphatic rings. The van der Waals surface area contributed by atoms with Crippen LogP contribution in [0.15, 0.2) is 69.6 Å². The van der Waals surface area contributed by atoms with Crippen LogP contribution >= 0.6 is 0 Å². The van der Waals surface area contributed by atoms with Gasteiger partial charge < -0.3 is 13.7 Å². The molecule has 4 rings (SSSR count). The predicted molar refractivity (Wildman–Crippen MR) is 98.3 cm³/mol. The third kappa shape index (κ3) is 3.75. The lowest BCUT2D eigenvalue weighted by Crippen LogP contribution is -2.08. The Balaban J connectivity index is 1.36. The van der Waals surface area contributed by atoms with Crippen LogP contribution in [0.2, 0.25) is 0 Å². The molecule has 0 N–H and O–H groups in total. The van der Waals surface area contributed by atoms with Gasteiger partial charge in [-0.3, -0.25) is 14.9 Å². The SMILES string of the molecule is O=C(Cc1ccc([N+](=O)[O-])cc1)OCc1cc(-c2cc3ccccc3o2)on1. The molecule has 140 valence electrons. The highest BCUT2D eigenvalue weighted by atomic mass is 16.6. The van der Waals surface area contributed by atoms with Crippen molar-refractivity contribution < 1.29 is 23.4 Å². The van der Waals surface area contributed by atoms with E-state index in [0.717, 1.165) is 11.0 Å². The first kappa shape index (κ1) is 17.5. The molecular weight excluding hydrogens is 364 g/mol. The van der Waals surface area contributed by atoms with E-state index >= 15 is 0 Å². The van der Waals surface area contributed by atoms with Gasteiger partial charge in [0.25, 0.3) is 5.69 Å². The second-order valence-electron chi connectivity index (χ2n) is 6.09. The van der Waals surface area contributed by atoms with E-state index in [1.54, 1.807) is 6.07 Å². The van der Waals surface area contributed by atoms with Gasteiger partial charge in [0.05, 0.1) is 11.3 Å². The minimum absolute atomic E-state index is 0.00623. The Labute approximate surface area is 158 Å². The van der Waals surface area contributed by atoms with Crippen LogP contribution in [0.4, 0.5) is 5.69 Å². The zero-order chi connectivity index (χ0) is 19.5. The third-order valence-electron chi connectivity index (χ3n) is 4.10. The minimum atomic E-state index is -0.494. The number of hydrogen-bond acceptors (Lipinski definition) is 7. The van der Waals surface area contributed by atoms with E-state index < -0.39 is 10.9 Å². The zero-order valence-corrected chi connectivity index (χ0v) is 14.5. The number of para-hydroxylation sites is 1. The molecule has 8 heteroatoms. The Hall–Kier alpha value is -3.94. The number of carbonyl (C=O) groups is 1. The topological polar surface area (TPSA) is 109 Å². The lowest BCUT2D eigenvalue weighted by atomic mass is 10.1. The number of ether oxygens (including phenoxy) is 1. The van der Waals surface area contributed by atoms with Gasteiger partial charge in [-0.15, -0.1) is 0 Å².